The Morgan fingerprint density at radius 3 is 2.61 bits per heavy atom. The van der Waals surface area contributed by atoms with Crippen LogP contribution in [0.3, 0.4) is 0 Å². The van der Waals surface area contributed by atoms with Crippen LogP contribution in [0.5, 0.6) is 0 Å². The molecule has 0 fully saturated rings. The van der Waals surface area contributed by atoms with Gasteiger partial charge in [0.25, 0.3) is 11.5 Å². The van der Waals surface area contributed by atoms with Crippen LogP contribution in [-0.4, -0.2) is 51.6 Å². The van der Waals surface area contributed by atoms with E-state index in [1.165, 1.54) is 0 Å². The van der Waals surface area contributed by atoms with Gasteiger partial charge in [-0.05, 0) is 36.8 Å². The lowest BCUT2D eigenvalue weighted by molar-refractivity contribution is 0.0731. The van der Waals surface area contributed by atoms with E-state index < -0.39 is 0 Å². The van der Waals surface area contributed by atoms with Crippen molar-refractivity contribution in [1.82, 2.24) is 25.1 Å². The Morgan fingerprint density at radius 2 is 1.96 bits per heavy atom. The van der Waals surface area contributed by atoms with Gasteiger partial charge in [0.2, 0.25) is 0 Å². The first-order valence-electron chi connectivity index (χ1n) is 8.88. The number of hydrogen-bond donors (Lipinski definition) is 1. The topological polar surface area (TPSA) is 95.1 Å². The summed E-state index contributed by atoms with van der Waals surface area (Å²) >= 11 is 6.01. The van der Waals surface area contributed by atoms with Crippen molar-refractivity contribution in [2.24, 2.45) is 0 Å². The number of rotatable bonds is 6. The van der Waals surface area contributed by atoms with E-state index in [0.717, 1.165) is 6.42 Å². The number of aromatic amines is 1. The van der Waals surface area contributed by atoms with Gasteiger partial charge in [0.1, 0.15) is 5.82 Å². The van der Waals surface area contributed by atoms with E-state index in [9.17, 15) is 9.59 Å². The summed E-state index contributed by atoms with van der Waals surface area (Å²) in [5.41, 5.74) is 0.464. The molecule has 146 valence electrons. The van der Waals surface area contributed by atoms with Crippen LogP contribution < -0.4 is 10.5 Å². The molecule has 3 aromatic rings. The van der Waals surface area contributed by atoms with Crippen LogP contribution in [0, 0.1) is 0 Å². The van der Waals surface area contributed by atoms with Gasteiger partial charge < -0.3 is 14.8 Å². The second kappa shape index (κ2) is 8.35. The first kappa shape index (κ1) is 19.8. The molecule has 3 rings (SSSR count). The molecule has 0 atom stereocenters. The summed E-state index contributed by atoms with van der Waals surface area (Å²) < 4.78 is 0. The molecule has 1 aromatic carbocycles. The lowest BCUT2D eigenvalue weighted by Gasteiger charge is -2.21. The van der Waals surface area contributed by atoms with E-state index >= 15 is 0 Å². The molecule has 0 saturated carbocycles. The maximum Gasteiger partial charge on any atom is 0.274 e. The zero-order valence-electron chi connectivity index (χ0n) is 15.9. The average Bonchev–Trinajstić information content (AvgIpc) is 2.67. The van der Waals surface area contributed by atoms with Gasteiger partial charge in [-0.25, -0.2) is 4.98 Å². The molecular weight excluding hydrogens is 380 g/mol. The second-order valence-electron chi connectivity index (χ2n) is 6.57. The third-order valence-electron chi connectivity index (χ3n) is 4.17. The number of benzene rings is 1. The van der Waals surface area contributed by atoms with E-state index in [1.54, 1.807) is 40.1 Å². The van der Waals surface area contributed by atoms with Crippen molar-refractivity contribution >= 4 is 34.2 Å². The number of fused-ring (bicyclic) bond motifs is 1. The Labute approximate surface area is 167 Å². The number of amides is 1. The highest BCUT2D eigenvalue weighted by Crippen LogP contribution is 2.15. The van der Waals surface area contributed by atoms with Crippen molar-refractivity contribution in [1.29, 1.82) is 0 Å². The molecule has 0 unspecified atom stereocenters. The maximum atomic E-state index is 12.9. The molecule has 0 aliphatic rings. The molecule has 8 nitrogen and oxygen atoms in total. The predicted molar refractivity (Wildman–Crippen MR) is 109 cm³/mol. The van der Waals surface area contributed by atoms with Crippen molar-refractivity contribution in [2.75, 3.05) is 25.5 Å². The van der Waals surface area contributed by atoms with Gasteiger partial charge in [-0.3, -0.25) is 9.59 Å². The number of aromatic nitrogens is 4. The minimum absolute atomic E-state index is 0.154. The Morgan fingerprint density at radius 1 is 1.18 bits per heavy atom. The SMILES string of the molecule is CCCN(Cc1nc2cc(Cl)ccc2c(=O)[nH]1)C(=O)c1ccc(N(C)C)nn1. The van der Waals surface area contributed by atoms with Crippen LogP contribution in [-0.2, 0) is 6.54 Å². The third kappa shape index (κ3) is 4.28. The van der Waals surface area contributed by atoms with Crippen molar-refractivity contribution in [3.63, 3.8) is 0 Å². The zero-order chi connectivity index (χ0) is 20.3. The Bertz CT molecular complexity index is 1050. The number of hydrogen-bond acceptors (Lipinski definition) is 6. The first-order chi connectivity index (χ1) is 13.4. The summed E-state index contributed by atoms with van der Waals surface area (Å²) in [6.45, 7) is 2.62. The smallest absolute Gasteiger partial charge is 0.274 e. The summed E-state index contributed by atoms with van der Waals surface area (Å²) in [6.07, 6.45) is 0.749. The minimum atomic E-state index is -0.270. The van der Waals surface area contributed by atoms with Gasteiger partial charge in [0.05, 0.1) is 17.4 Å². The van der Waals surface area contributed by atoms with Crippen LogP contribution in [0.4, 0.5) is 5.82 Å². The molecule has 9 heteroatoms. The predicted octanol–water partition coefficient (Wildman–Crippen LogP) is 2.48. The first-order valence-corrected chi connectivity index (χ1v) is 9.25. The highest BCUT2D eigenvalue weighted by Gasteiger charge is 2.19. The summed E-state index contributed by atoms with van der Waals surface area (Å²) in [5.74, 6) is 0.781. The second-order valence-corrected chi connectivity index (χ2v) is 7.01. The quantitative estimate of drug-likeness (QED) is 0.683. The summed E-state index contributed by atoms with van der Waals surface area (Å²) in [5, 5.41) is 9.03. The lowest BCUT2D eigenvalue weighted by atomic mass is 10.2. The van der Waals surface area contributed by atoms with Crippen molar-refractivity contribution < 1.29 is 4.79 Å². The number of carbonyl (C=O) groups is 1. The third-order valence-corrected chi connectivity index (χ3v) is 4.40. The van der Waals surface area contributed by atoms with Crippen molar-refractivity contribution in [2.45, 2.75) is 19.9 Å². The van der Waals surface area contributed by atoms with E-state index in [2.05, 4.69) is 20.2 Å². The van der Waals surface area contributed by atoms with Crippen molar-refractivity contribution in [3.05, 3.63) is 57.2 Å². The molecule has 28 heavy (non-hydrogen) atoms. The van der Waals surface area contributed by atoms with Gasteiger partial charge in [-0.1, -0.05) is 18.5 Å². The summed E-state index contributed by atoms with van der Waals surface area (Å²) in [6, 6.07) is 8.28. The molecule has 0 aliphatic carbocycles. The standard InChI is InChI=1S/C19H21ClN6O2/c1-4-9-26(19(28)14-7-8-17(24-23-14)25(2)3)11-16-21-15-10-12(20)5-6-13(15)18(27)22-16/h5-8,10H,4,9,11H2,1-3H3,(H,21,22,27). The Balaban J connectivity index is 1.89. The fraction of sp³-hybridized carbons (Fsp3) is 0.316. The van der Waals surface area contributed by atoms with Gasteiger partial charge in [-0.2, -0.15) is 0 Å². The zero-order valence-corrected chi connectivity index (χ0v) is 16.7. The number of H-pyrrole nitrogens is 1. The molecule has 0 radical (unpaired) electrons. The van der Waals surface area contributed by atoms with Gasteiger partial charge in [-0.15, -0.1) is 10.2 Å². The normalized spacial score (nSPS) is 10.9. The molecule has 0 saturated heterocycles. The van der Waals surface area contributed by atoms with Crippen LogP contribution in [0.15, 0.2) is 35.1 Å². The Hall–Kier alpha value is -3.00. The summed E-state index contributed by atoms with van der Waals surface area (Å²) in [7, 11) is 3.70. The molecule has 2 aromatic heterocycles. The lowest BCUT2D eigenvalue weighted by Crippen LogP contribution is -2.33. The molecule has 0 spiro atoms. The minimum Gasteiger partial charge on any atom is -0.361 e. The van der Waals surface area contributed by atoms with Gasteiger partial charge in [0.15, 0.2) is 11.5 Å². The number of nitrogens with zero attached hydrogens (tertiary/aromatic N) is 5. The number of halogens is 1. The highest BCUT2D eigenvalue weighted by molar-refractivity contribution is 6.31. The molecular formula is C19H21ClN6O2. The molecule has 0 bridgehead atoms. The van der Waals surface area contributed by atoms with Crippen LogP contribution >= 0.6 is 11.6 Å². The van der Waals surface area contributed by atoms with E-state index in [4.69, 9.17) is 11.6 Å². The molecule has 1 amide bonds. The fourth-order valence-electron chi connectivity index (χ4n) is 2.78. The molecule has 2 heterocycles. The molecule has 1 N–H and O–H groups in total. The van der Waals surface area contributed by atoms with Crippen LogP contribution in [0.2, 0.25) is 5.02 Å². The van der Waals surface area contributed by atoms with Gasteiger partial charge >= 0.3 is 0 Å². The number of anilines is 1. The average molecular weight is 401 g/mol. The van der Waals surface area contributed by atoms with E-state index in [-0.39, 0.29) is 23.7 Å². The fourth-order valence-corrected chi connectivity index (χ4v) is 2.95. The van der Waals surface area contributed by atoms with Gasteiger partial charge in [0, 0.05) is 25.7 Å². The van der Waals surface area contributed by atoms with Crippen molar-refractivity contribution in [3.8, 4) is 0 Å². The number of carbonyl (C=O) groups excluding carboxylic acids is 1. The van der Waals surface area contributed by atoms with Crippen LogP contribution in [0.25, 0.3) is 10.9 Å². The maximum absolute atomic E-state index is 12.9. The Kier molecular flexibility index (Phi) is 5.89. The van der Waals surface area contributed by atoms with Crippen LogP contribution in [0.1, 0.15) is 29.7 Å². The monoisotopic (exact) mass is 400 g/mol. The number of nitrogens with one attached hydrogen (secondary N) is 1. The largest absolute Gasteiger partial charge is 0.361 e. The van der Waals surface area contributed by atoms with E-state index in [1.807, 2.05) is 21.0 Å². The molecule has 0 aliphatic heterocycles. The van der Waals surface area contributed by atoms with E-state index in [0.29, 0.717) is 34.1 Å². The summed E-state index contributed by atoms with van der Waals surface area (Å²) in [4.78, 5) is 35.8. The highest BCUT2D eigenvalue weighted by atomic mass is 35.5.